The van der Waals surface area contributed by atoms with Gasteiger partial charge < -0.3 is 19.7 Å². The molecule has 0 bridgehead atoms. The molecule has 2 N–H and O–H groups in total. The number of likely N-dealkylation sites (tertiary alicyclic amines) is 1. The fourth-order valence-electron chi connectivity index (χ4n) is 3.39. The minimum atomic E-state index is -0.0974. The molecule has 1 fully saturated rings. The fraction of sp³-hybridized carbons (Fsp3) is 0.429. The van der Waals surface area contributed by atoms with Crippen molar-refractivity contribution < 1.29 is 19.1 Å². The number of ether oxygens (including phenoxy) is 2. The number of amides is 3. The van der Waals surface area contributed by atoms with E-state index in [1.165, 1.54) is 11.3 Å². The maximum Gasteiger partial charge on any atom is 0.322 e. The van der Waals surface area contributed by atoms with Gasteiger partial charge in [-0.2, -0.15) is 0 Å². The molecule has 3 rings (SSSR count). The maximum atomic E-state index is 12.5. The minimum Gasteiger partial charge on any atom is -0.493 e. The summed E-state index contributed by atoms with van der Waals surface area (Å²) in [6, 6.07) is 9.45. The van der Waals surface area contributed by atoms with Crippen LogP contribution in [0, 0.1) is 5.92 Å². The Labute approximate surface area is 175 Å². The lowest BCUT2D eigenvalue weighted by Gasteiger charge is -2.31. The summed E-state index contributed by atoms with van der Waals surface area (Å²) in [5.41, 5.74) is 1.07. The molecule has 1 saturated heterocycles. The van der Waals surface area contributed by atoms with Crippen LogP contribution in [0.5, 0.6) is 11.5 Å². The van der Waals surface area contributed by atoms with Crippen LogP contribution in [0.1, 0.15) is 18.4 Å². The molecular weight excluding hydrogens is 390 g/mol. The molecule has 1 aromatic carbocycles. The lowest BCUT2D eigenvalue weighted by molar-refractivity contribution is -0.126. The van der Waals surface area contributed by atoms with Crippen LogP contribution >= 0.6 is 11.3 Å². The molecule has 1 aliphatic rings. The summed E-state index contributed by atoms with van der Waals surface area (Å²) < 4.78 is 10.6. The summed E-state index contributed by atoms with van der Waals surface area (Å²) in [7, 11) is 3.21. The summed E-state index contributed by atoms with van der Waals surface area (Å²) >= 11 is 1.49. The van der Waals surface area contributed by atoms with E-state index in [1.807, 2.05) is 35.7 Å². The second-order valence-electron chi connectivity index (χ2n) is 6.90. The third-order valence-corrected chi connectivity index (χ3v) is 5.85. The van der Waals surface area contributed by atoms with Crippen LogP contribution in [0.4, 0.5) is 9.80 Å². The van der Waals surface area contributed by atoms with Crippen LogP contribution in [-0.4, -0.2) is 50.7 Å². The number of thiophene rings is 1. The van der Waals surface area contributed by atoms with E-state index < -0.39 is 0 Å². The number of nitrogens with zero attached hydrogens (tertiary/aromatic N) is 1. The molecule has 1 aromatic heterocycles. The molecular formula is C21H27N3O4S. The number of urea groups is 1. The van der Waals surface area contributed by atoms with Crippen LogP contribution in [0.15, 0.2) is 35.7 Å². The van der Waals surface area contributed by atoms with E-state index in [4.69, 9.17) is 9.47 Å². The van der Waals surface area contributed by atoms with Crippen LogP contribution in [0.25, 0.3) is 0 Å². The number of hydrogen-bond acceptors (Lipinski definition) is 5. The van der Waals surface area contributed by atoms with Crippen LogP contribution < -0.4 is 20.1 Å². The first kappa shape index (κ1) is 21.0. The Kier molecular flexibility index (Phi) is 7.35. The van der Waals surface area contributed by atoms with Gasteiger partial charge in [-0.25, -0.2) is 4.79 Å². The second kappa shape index (κ2) is 10.2. The normalized spacial score (nSPS) is 14.3. The van der Waals surface area contributed by atoms with E-state index >= 15 is 0 Å². The van der Waals surface area contributed by atoms with Crippen LogP contribution in [0.3, 0.4) is 0 Å². The SMILES string of the molecule is COc1ccc(CCNC(=O)C2CCN(C(=O)Nc3cccs3)CC2)cc1OC. The molecule has 0 unspecified atom stereocenters. The number of rotatable bonds is 7. The molecule has 8 heteroatoms. The highest BCUT2D eigenvalue weighted by atomic mass is 32.1. The summed E-state index contributed by atoms with van der Waals surface area (Å²) in [6.45, 7) is 1.74. The number of benzene rings is 1. The van der Waals surface area contributed by atoms with E-state index in [9.17, 15) is 9.59 Å². The summed E-state index contributed by atoms with van der Waals surface area (Å²) in [4.78, 5) is 26.5. The number of methoxy groups -OCH3 is 2. The number of carbonyl (C=O) groups excluding carboxylic acids is 2. The zero-order valence-corrected chi connectivity index (χ0v) is 17.6. The summed E-state index contributed by atoms with van der Waals surface area (Å²) in [6.07, 6.45) is 2.08. The fourth-order valence-corrected chi connectivity index (χ4v) is 4.00. The van der Waals surface area contributed by atoms with Crippen molar-refractivity contribution in [1.29, 1.82) is 0 Å². The smallest absolute Gasteiger partial charge is 0.322 e. The topological polar surface area (TPSA) is 79.9 Å². The number of nitrogens with one attached hydrogen (secondary N) is 2. The van der Waals surface area contributed by atoms with Crippen molar-refractivity contribution in [3.8, 4) is 11.5 Å². The summed E-state index contributed by atoms with van der Waals surface area (Å²) in [5, 5.41) is 8.67. The van der Waals surface area contributed by atoms with E-state index in [-0.39, 0.29) is 17.9 Å². The van der Waals surface area contributed by atoms with E-state index in [0.717, 1.165) is 10.6 Å². The van der Waals surface area contributed by atoms with Crippen molar-refractivity contribution >= 4 is 28.3 Å². The van der Waals surface area contributed by atoms with Gasteiger partial charge in [0.15, 0.2) is 11.5 Å². The first-order valence-corrected chi connectivity index (χ1v) is 10.6. The molecule has 1 aliphatic heterocycles. The molecule has 0 saturated carbocycles. The Hall–Kier alpha value is -2.74. The predicted octanol–water partition coefficient (Wildman–Crippen LogP) is 3.37. The average Bonchev–Trinajstić information content (AvgIpc) is 3.26. The van der Waals surface area contributed by atoms with Crippen molar-refractivity contribution in [2.45, 2.75) is 19.3 Å². The highest BCUT2D eigenvalue weighted by molar-refractivity contribution is 7.14. The van der Waals surface area contributed by atoms with Gasteiger partial charge in [-0.05, 0) is 54.5 Å². The monoisotopic (exact) mass is 417 g/mol. The average molecular weight is 418 g/mol. The van der Waals surface area contributed by atoms with Crippen LogP contribution in [0.2, 0.25) is 0 Å². The third-order valence-electron chi connectivity index (χ3n) is 5.07. The Bertz CT molecular complexity index is 817. The molecule has 0 atom stereocenters. The highest BCUT2D eigenvalue weighted by Crippen LogP contribution is 2.27. The van der Waals surface area contributed by atoms with Crippen molar-refractivity contribution in [2.24, 2.45) is 5.92 Å². The molecule has 3 amide bonds. The quantitative estimate of drug-likeness (QED) is 0.724. The van der Waals surface area contributed by atoms with Gasteiger partial charge in [0.05, 0.1) is 19.2 Å². The van der Waals surface area contributed by atoms with Gasteiger partial charge in [0.1, 0.15) is 0 Å². The Morgan fingerprint density at radius 2 is 1.90 bits per heavy atom. The van der Waals surface area contributed by atoms with Crippen molar-refractivity contribution in [2.75, 3.05) is 39.2 Å². The molecule has 2 aromatic rings. The predicted molar refractivity (Wildman–Crippen MR) is 114 cm³/mol. The zero-order valence-electron chi connectivity index (χ0n) is 16.8. The largest absolute Gasteiger partial charge is 0.493 e. The molecule has 2 heterocycles. The van der Waals surface area contributed by atoms with Crippen molar-refractivity contribution in [3.63, 3.8) is 0 Å². The number of anilines is 1. The molecule has 7 nitrogen and oxygen atoms in total. The second-order valence-corrected chi connectivity index (χ2v) is 7.85. The minimum absolute atomic E-state index is 0.0498. The van der Waals surface area contributed by atoms with Gasteiger partial charge in [0.2, 0.25) is 5.91 Å². The lowest BCUT2D eigenvalue weighted by atomic mass is 9.96. The van der Waals surface area contributed by atoms with Gasteiger partial charge >= 0.3 is 6.03 Å². The zero-order chi connectivity index (χ0) is 20.6. The van der Waals surface area contributed by atoms with E-state index in [1.54, 1.807) is 19.1 Å². The number of carbonyl (C=O) groups is 2. The van der Waals surface area contributed by atoms with E-state index in [0.29, 0.717) is 50.4 Å². The lowest BCUT2D eigenvalue weighted by Crippen LogP contribution is -2.44. The number of piperidine rings is 1. The Morgan fingerprint density at radius 3 is 2.55 bits per heavy atom. The molecule has 0 spiro atoms. The van der Waals surface area contributed by atoms with Gasteiger partial charge in [-0.15, -0.1) is 11.3 Å². The first-order chi connectivity index (χ1) is 14.1. The third kappa shape index (κ3) is 5.63. The van der Waals surface area contributed by atoms with Crippen molar-refractivity contribution in [3.05, 3.63) is 41.3 Å². The first-order valence-electron chi connectivity index (χ1n) is 9.68. The van der Waals surface area contributed by atoms with Gasteiger partial charge in [0.25, 0.3) is 0 Å². The van der Waals surface area contributed by atoms with Gasteiger partial charge in [-0.3, -0.25) is 10.1 Å². The molecule has 156 valence electrons. The molecule has 29 heavy (non-hydrogen) atoms. The number of hydrogen-bond donors (Lipinski definition) is 2. The van der Waals surface area contributed by atoms with E-state index in [2.05, 4.69) is 10.6 Å². The standard InChI is InChI=1S/C21H27N3O4S/c1-27-17-6-5-15(14-18(17)28-2)7-10-22-20(25)16-8-11-24(12-9-16)21(26)23-19-4-3-13-29-19/h3-6,13-14,16H,7-12H2,1-2H3,(H,22,25)(H,23,26). The van der Waals surface area contributed by atoms with Crippen LogP contribution in [-0.2, 0) is 11.2 Å². The van der Waals surface area contributed by atoms with Gasteiger partial charge in [0, 0.05) is 25.6 Å². The molecule has 0 aliphatic carbocycles. The Morgan fingerprint density at radius 1 is 1.14 bits per heavy atom. The Balaban J connectivity index is 1.40. The summed E-state index contributed by atoms with van der Waals surface area (Å²) in [5.74, 6) is 1.38. The van der Waals surface area contributed by atoms with Gasteiger partial charge in [-0.1, -0.05) is 6.07 Å². The highest BCUT2D eigenvalue weighted by Gasteiger charge is 2.27. The maximum absolute atomic E-state index is 12.5. The van der Waals surface area contributed by atoms with Crippen molar-refractivity contribution in [1.82, 2.24) is 10.2 Å². The molecule has 0 radical (unpaired) electrons.